The Morgan fingerprint density at radius 3 is 2.02 bits per heavy atom. The number of amides is 4. The zero-order chi connectivity index (χ0) is 40.0. The highest BCUT2D eigenvalue weighted by Gasteiger charge is 2.38. The smallest absolute Gasteiger partial charge is 0.262 e. The van der Waals surface area contributed by atoms with Crippen molar-refractivity contribution in [1.29, 1.82) is 0 Å². The Labute approximate surface area is 337 Å². The number of carbonyl (C=O) groups excluding carboxylic acids is 4. The van der Waals surface area contributed by atoms with Crippen LogP contribution in [0.2, 0.25) is 0 Å². The number of hydrogen-bond acceptors (Lipinski definition) is 8. The molecular formula is C47H46N4O7. The highest BCUT2D eigenvalue weighted by atomic mass is 16.7. The van der Waals surface area contributed by atoms with Gasteiger partial charge in [0.1, 0.15) is 6.54 Å². The molecule has 0 aromatic heterocycles. The lowest BCUT2D eigenvalue weighted by molar-refractivity contribution is -0.136. The molecule has 296 valence electrons. The van der Waals surface area contributed by atoms with Crippen LogP contribution >= 0.6 is 0 Å². The summed E-state index contributed by atoms with van der Waals surface area (Å²) in [5.74, 6) is -0.269. The normalized spacial score (nSPS) is 16.2. The van der Waals surface area contributed by atoms with Gasteiger partial charge >= 0.3 is 0 Å². The minimum Gasteiger partial charge on any atom is -0.454 e. The zero-order valence-corrected chi connectivity index (χ0v) is 32.2. The number of rotatable bonds is 14. The second-order valence-electron chi connectivity index (χ2n) is 15.2. The molecule has 11 nitrogen and oxygen atoms in total. The monoisotopic (exact) mass is 778 g/mol. The van der Waals surface area contributed by atoms with Crippen molar-refractivity contribution in [3.63, 3.8) is 0 Å². The molecule has 5 aromatic carbocycles. The van der Waals surface area contributed by atoms with Crippen LogP contribution in [0, 0.1) is 0 Å². The Bertz CT molecular complexity index is 2220. The van der Waals surface area contributed by atoms with Gasteiger partial charge in [0.05, 0.1) is 29.7 Å². The van der Waals surface area contributed by atoms with Crippen LogP contribution in [0.15, 0.2) is 127 Å². The molecule has 3 heterocycles. The highest BCUT2D eigenvalue weighted by Crippen LogP contribution is 2.33. The van der Waals surface area contributed by atoms with Crippen LogP contribution in [-0.4, -0.2) is 94.6 Å². The van der Waals surface area contributed by atoms with Crippen LogP contribution in [-0.2, 0) is 29.0 Å². The number of imide groups is 1. The molecule has 0 bridgehead atoms. The minimum atomic E-state index is -1.16. The van der Waals surface area contributed by atoms with Crippen molar-refractivity contribution in [2.45, 2.75) is 50.4 Å². The van der Waals surface area contributed by atoms with E-state index in [0.717, 1.165) is 63.9 Å². The van der Waals surface area contributed by atoms with Gasteiger partial charge in [-0.1, -0.05) is 103 Å². The molecule has 4 amide bonds. The molecule has 0 aliphatic carbocycles. The Kier molecular flexibility index (Phi) is 11.6. The molecule has 3 aliphatic rings. The molecular weight excluding hydrogens is 733 g/mol. The Hall–Kier alpha value is -6.30. The average molecular weight is 779 g/mol. The van der Waals surface area contributed by atoms with E-state index in [-0.39, 0.29) is 49.3 Å². The van der Waals surface area contributed by atoms with Crippen molar-refractivity contribution >= 4 is 23.6 Å². The van der Waals surface area contributed by atoms with Gasteiger partial charge in [-0.3, -0.25) is 29.0 Å². The number of nitrogens with zero attached hydrogens (tertiary/aromatic N) is 3. The van der Waals surface area contributed by atoms with Gasteiger partial charge in [-0.25, -0.2) is 0 Å². The number of piperidine rings is 1. The first-order valence-corrected chi connectivity index (χ1v) is 19.8. The van der Waals surface area contributed by atoms with Crippen LogP contribution in [0.3, 0.4) is 0 Å². The molecule has 2 unspecified atom stereocenters. The molecule has 0 saturated carbocycles. The minimum absolute atomic E-state index is 0.0153. The lowest BCUT2D eigenvalue weighted by atomic mass is 9.97. The van der Waals surface area contributed by atoms with Gasteiger partial charge in [-0.2, -0.15) is 0 Å². The molecule has 0 radical (unpaired) electrons. The van der Waals surface area contributed by atoms with E-state index in [9.17, 15) is 24.3 Å². The SMILES string of the molecule is O=C(CN1C(=O)c2ccccc2C1=O)NC(Cc1ccccc1)C(O)CN(C(=O)Cc1ccc(-c2ccccc2)cc1)C1CCN(Cc2ccc3c(c2)OCO3)CC1. The molecule has 0 spiro atoms. The molecule has 3 aliphatic heterocycles. The largest absolute Gasteiger partial charge is 0.454 e. The second-order valence-corrected chi connectivity index (χ2v) is 15.2. The summed E-state index contributed by atoms with van der Waals surface area (Å²) in [6.45, 7) is 1.93. The average Bonchev–Trinajstić information content (AvgIpc) is 3.82. The molecule has 2 N–H and O–H groups in total. The fourth-order valence-corrected chi connectivity index (χ4v) is 8.12. The lowest BCUT2D eigenvalue weighted by Crippen LogP contribution is -2.55. The first-order valence-electron chi connectivity index (χ1n) is 19.8. The van der Waals surface area contributed by atoms with E-state index in [2.05, 4.69) is 10.2 Å². The number of ether oxygens (including phenoxy) is 2. The summed E-state index contributed by atoms with van der Waals surface area (Å²) >= 11 is 0. The second kappa shape index (κ2) is 17.5. The van der Waals surface area contributed by atoms with E-state index in [4.69, 9.17) is 9.47 Å². The molecule has 11 heteroatoms. The first-order chi connectivity index (χ1) is 28.3. The Balaban J connectivity index is 0.989. The molecule has 1 fully saturated rings. The number of aliphatic hydroxyl groups is 1. The standard InChI is InChI=1S/C47H46N4O7/c52-41(40(25-32-9-3-1-4-10-32)48-44(53)30-51-46(55)38-13-7-8-14-39(38)47(51)56)29-50(45(54)27-33-15-18-36(19-16-33)35-11-5-2-6-12-35)37-21-23-49(24-22-37)28-34-17-20-42-43(26-34)58-31-57-42/h1-20,26,37,40-41,52H,21-25,27-31H2,(H,48,53). The summed E-state index contributed by atoms with van der Waals surface area (Å²) in [6.07, 6.45) is 0.653. The number of likely N-dealkylation sites (tertiary alicyclic amines) is 1. The number of carbonyl (C=O) groups is 4. The van der Waals surface area contributed by atoms with Gasteiger partial charge in [0.15, 0.2) is 11.5 Å². The van der Waals surface area contributed by atoms with Gasteiger partial charge in [0.2, 0.25) is 18.6 Å². The number of aliphatic hydroxyl groups excluding tert-OH is 1. The summed E-state index contributed by atoms with van der Waals surface area (Å²) in [5, 5.41) is 15.0. The van der Waals surface area contributed by atoms with Gasteiger partial charge in [0, 0.05) is 32.2 Å². The van der Waals surface area contributed by atoms with E-state index in [1.807, 2.05) is 103 Å². The fraction of sp³-hybridized carbons (Fsp3) is 0.277. The summed E-state index contributed by atoms with van der Waals surface area (Å²) in [5.41, 5.74) is 5.51. The van der Waals surface area contributed by atoms with E-state index in [1.54, 1.807) is 29.2 Å². The van der Waals surface area contributed by atoms with Gasteiger partial charge in [-0.05, 0) is 71.3 Å². The van der Waals surface area contributed by atoms with Crippen molar-refractivity contribution in [2.24, 2.45) is 0 Å². The molecule has 2 atom stereocenters. The summed E-state index contributed by atoms with van der Waals surface area (Å²) in [4.78, 5) is 59.3. The van der Waals surface area contributed by atoms with Crippen molar-refractivity contribution in [3.8, 4) is 22.6 Å². The fourth-order valence-electron chi connectivity index (χ4n) is 8.12. The zero-order valence-electron chi connectivity index (χ0n) is 32.2. The Morgan fingerprint density at radius 1 is 0.724 bits per heavy atom. The highest BCUT2D eigenvalue weighted by molar-refractivity contribution is 6.22. The molecule has 1 saturated heterocycles. The van der Waals surface area contributed by atoms with E-state index >= 15 is 0 Å². The van der Waals surface area contributed by atoms with E-state index < -0.39 is 36.4 Å². The summed E-state index contributed by atoms with van der Waals surface area (Å²) in [7, 11) is 0. The van der Waals surface area contributed by atoms with E-state index in [0.29, 0.717) is 12.8 Å². The lowest BCUT2D eigenvalue weighted by Gasteiger charge is -2.40. The summed E-state index contributed by atoms with van der Waals surface area (Å²) in [6, 6.07) is 39.0. The summed E-state index contributed by atoms with van der Waals surface area (Å²) < 4.78 is 11.1. The molecule has 5 aromatic rings. The van der Waals surface area contributed by atoms with E-state index in [1.165, 1.54) is 0 Å². The van der Waals surface area contributed by atoms with Gasteiger partial charge < -0.3 is 24.8 Å². The van der Waals surface area contributed by atoms with Gasteiger partial charge in [-0.15, -0.1) is 0 Å². The van der Waals surface area contributed by atoms with Crippen molar-refractivity contribution in [2.75, 3.05) is 33.0 Å². The number of nitrogens with one attached hydrogen (secondary N) is 1. The number of benzene rings is 5. The van der Waals surface area contributed by atoms with Crippen LogP contribution in [0.5, 0.6) is 11.5 Å². The topological polar surface area (TPSA) is 129 Å². The van der Waals surface area contributed by atoms with Crippen molar-refractivity contribution in [3.05, 3.63) is 155 Å². The quantitative estimate of drug-likeness (QED) is 0.142. The van der Waals surface area contributed by atoms with Crippen LogP contribution < -0.4 is 14.8 Å². The maximum absolute atomic E-state index is 14.4. The first kappa shape index (κ1) is 38.6. The van der Waals surface area contributed by atoms with Crippen molar-refractivity contribution in [1.82, 2.24) is 20.0 Å². The third-order valence-electron chi connectivity index (χ3n) is 11.3. The number of hydrogen-bond donors (Lipinski definition) is 2. The predicted molar refractivity (Wildman–Crippen MR) is 218 cm³/mol. The molecule has 58 heavy (non-hydrogen) atoms. The van der Waals surface area contributed by atoms with Crippen molar-refractivity contribution < 1.29 is 33.8 Å². The third kappa shape index (κ3) is 8.81. The third-order valence-corrected chi connectivity index (χ3v) is 11.3. The Morgan fingerprint density at radius 2 is 1.33 bits per heavy atom. The van der Waals surface area contributed by atoms with Crippen LogP contribution in [0.4, 0.5) is 0 Å². The van der Waals surface area contributed by atoms with Crippen LogP contribution in [0.1, 0.15) is 50.2 Å². The number of fused-ring (bicyclic) bond motifs is 2. The molecule has 8 rings (SSSR count). The maximum atomic E-state index is 14.4. The maximum Gasteiger partial charge on any atom is 0.262 e. The predicted octanol–water partition coefficient (Wildman–Crippen LogP) is 5.50. The van der Waals surface area contributed by atoms with Crippen LogP contribution in [0.25, 0.3) is 11.1 Å². The van der Waals surface area contributed by atoms with Gasteiger partial charge in [0.25, 0.3) is 11.8 Å².